The second-order valence-electron chi connectivity index (χ2n) is 4.69. The molecule has 102 valence electrons. The highest BCUT2D eigenvalue weighted by Gasteiger charge is 2.32. The molecule has 2 rings (SSSR count). The lowest BCUT2D eigenvalue weighted by Crippen LogP contribution is -2.43. The van der Waals surface area contributed by atoms with Crippen LogP contribution in [0.2, 0.25) is 5.02 Å². The van der Waals surface area contributed by atoms with Gasteiger partial charge in [-0.3, -0.25) is 4.79 Å². The molecule has 1 amide bonds. The van der Waals surface area contributed by atoms with E-state index < -0.39 is 12.0 Å². The summed E-state index contributed by atoms with van der Waals surface area (Å²) in [6, 6.07) is 6.57. The second-order valence-corrected chi connectivity index (χ2v) is 5.13. The molecule has 1 saturated carbocycles. The Hall–Kier alpha value is -1.55. The third kappa shape index (κ3) is 3.96. The summed E-state index contributed by atoms with van der Waals surface area (Å²) >= 11 is 5.90. The van der Waals surface area contributed by atoms with Crippen molar-refractivity contribution in [3.8, 4) is 0 Å². The van der Waals surface area contributed by atoms with Gasteiger partial charge in [-0.1, -0.05) is 23.7 Å². The fraction of sp³-hybridized carbons (Fsp3) is 0.429. The lowest BCUT2D eigenvalue weighted by Gasteiger charge is -2.16. The molecule has 1 aromatic rings. The number of nitrogens with one attached hydrogen (secondary N) is 1. The van der Waals surface area contributed by atoms with Crippen molar-refractivity contribution in [1.82, 2.24) is 5.32 Å². The van der Waals surface area contributed by atoms with Gasteiger partial charge in [0.1, 0.15) is 6.04 Å². The maximum absolute atomic E-state index is 11.7. The number of ether oxygens (including phenoxy) is 1. The van der Waals surface area contributed by atoms with Crippen LogP contribution in [0.1, 0.15) is 18.4 Å². The van der Waals surface area contributed by atoms with E-state index in [-0.39, 0.29) is 11.8 Å². The van der Waals surface area contributed by atoms with E-state index in [1.165, 1.54) is 7.11 Å². The summed E-state index contributed by atoms with van der Waals surface area (Å²) in [5.74, 6) is -0.446. The Morgan fingerprint density at radius 3 is 2.79 bits per heavy atom. The average molecular weight is 282 g/mol. The topological polar surface area (TPSA) is 55.4 Å². The van der Waals surface area contributed by atoms with Crippen LogP contribution in [0.3, 0.4) is 0 Å². The molecule has 0 heterocycles. The molecule has 1 aliphatic rings. The summed E-state index contributed by atoms with van der Waals surface area (Å²) in [5.41, 5.74) is 0.888. The van der Waals surface area contributed by atoms with E-state index >= 15 is 0 Å². The van der Waals surface area contributed by atoms with Gasteiger partial charge in [0.25, 0.3) is 0 Å². The van der Waals surface area contributed by atoms with Gasteiger partial charge in [0.05, 0.1) is 7.11 Å². The minimum atomic E-state index is -0.656. The molecule has 19 heavy (non-hydrogen) atoms. The van der Waals surface area contributed by atoms with Gasteiger partial charge >= 0.3 is 5.97 Å². The van der Waals surface area contributed by atoms with Gasteiger partial charge in [-0.2, -0.15) is 0 Å². The van der Waals surface area contributed by atoms with Crippen molar-refractivity contribution in [2.24, 2.45) is 5.92 Å². The SMILES string of the molecule is COC(=O)[C@@H](Cc1cccc(Cl)c1)NC(=O)C1CC1. The van der Waals surface area contributed by atoms with Crippen molar-refractivity contribution in [3.05, 3.63) is 34.9 Å². The van der Waals surface area contributed by atoms with Crippen molar-refractivity contribution < 1.29 is 14.3 Å². The van der Waals surface area contributed by atoms with E-state index in [9.17, 15) is 9.59 Å². The van der Waals surface area contributed by atoms with Crippen LogP contribution in [0.5, 0.6) is 0 Å². The predicted octanol–water partition coefficient (Wildman–Crippen LogP) is 1.95. The quantitative estimate of drug-likeness (QED) is 0.840. The lowest BCUT2D eigenvalue weighted by molar-refractivity contribution is -0.145. The minimum Gasteiger partial charge on any atom is -0.467 e. The molecule has 1 N–H and O–H groups in total. The molecule has 0 radical (unpaired) electrons. The molecule has 0 bridgehead atoms. The predicted molar refractivity (Wildman–Crippen MR) is 71.8 cm³/mol. The molecule has 1 atom stereocenters. The Morgan fingerprint density at radius 2 is 2.21 bits per heavy atom. The van der Waals surface area contributed by atoms with E-state index in [4.69, 9.17) is 16.3 Å². The molecule has 1 aromatic carbocycles. The van der Waals surface area contributed by atoms with Crippen LogP contribution in [0.25, 0.3) is 0 Å². The van der Waals surface area contributed by atoms with Crippen molar-refractivity contribution in [2.45, 2.75) is 25.3 Å². The zero-order chi connectivity index (χ0) is 13.8. The molecule has 0 spiro atoms. The molecule has 0 aromatic heterocycles. The summed E-state index contributed by atoms with van der Waals surface area (Å²) < 4.78 is 4.73. The summed E-state index contributed by atoms with van der Waals surface area (Å²) in [6.45, 7) is 0. The molecule has 5 heteroatoms. The number of rotatable bonds is 5. The zero-order valence-electron chi connectivity index (χ0n) is 10.7. The Balaban J connectivity index is 2.04. The van der Waals surface area contributed by atoms with Crippen LogP contribution in [-0.2, 0) is 20.7 Å². The number of hydrogen-bond acceptors (Lipinski definition) is 3. The molecule has 0 unspecified atom stereocenters. The van der Waals surface area contributed by atoms with Crippen LogP contribution in [-0.4, -0.2) is 25.0 Å². The first kappa shape index (κ1) is 13.9. The largest absolute Gasteiger partial charge is 0.467 e. The van der Waals surface area contributed by atoms with Crippen molar-refractivity contribution >= 4 is 23.5 Å². The maximum Gasteiger partial charge on any atom is 0.328 e. The van der Waals surface area contributed by atoms with Gasteiger partial charge in [0, 0.05) is 17.4 Å². The Kier molecular flexibility index (Phi) is 4.43. The van der Waals surface area contributed by atoms with E-state index in [1.54, 1.807) is 12.1 Å². The number of carbonyl (C=O) groups is 2. The molecular formula is C14H16ClNO3. The maximum atomic E-state index is 11.7. The lowest BCUT2D eigenvalue weighted by atomic mass is 10.1. The van der Waals surface area contributed by atoms with E-state index in [2.05, 4.69) is 5.32 Å². The highest BCUT2D eigenvalue weighted by atomic mass is 35.5. The Labute approximate surface area is 117 Å². The van der Waals surface area contributed by atoms with Gasteiger partial charge in [0.15, 0.2) is 0 Å². The number of benzene rings is 1. The summed E-state index contributed by atoms with van der Waals surface area (Å²) in [6.07, 6.45) is 2.18. The second kappa shape index (κ2) is 6.06. The molecule has 0 saturated heterocycles. The van der Waals surface area contributed by atoms with Gasteiger partial charge in [0.2, 0.25) is 5.91 Å². The summed E-state index contributed by atoms with van der Waals surface area (Å²) in [5, 5.41) is 3.35. The fourth-order valence-electron chi connectivity index (χ4n) is 1.87. The van der Waals surface area contributed by atoms with Crippen LogP contribution in [0.15, 0.2) is 24.3 Å². The highest BCUT2D eigenvalue weighted by molar-refractivity contribution is 6.30. The summed E-state index contributed by atoms with van der Waals surface area (Å²) in [4.78, 5) is 23.5. The van der Waals surface area contributed by atoms with Gasteiger partial charge in [-0.25, -0.2) is 4.79 Å². The average Bonchev–Trinajstić information content (AvgIpc) is 3.21. The first-order chi connectivity index (χ1) is 9.10. The molecular weight excluding hydrogens is 266 g/mol. The van der Waals surface area contributed by atoms with Crippen LogP contribution < -0.4 is 5.32 Å². The molecule has 1 fully saturated rings. The van der Waals surface area contributed by atoms with Gasteiger partial charge in [-0.05, 0) is 30.5 Å². The van der Waals surface area contributed by atoms with E-state index in [0.29, 0.717) is 11.4 Å². The Bertz CT molecular complexity index is 485. The number of halogens is 1. The minimum absolute atomic E-state index is 0.0616. The first-order valence-electron chi connectivity index (χ1n) is 6.23. The molecule has 1 aliphatic carbocycles. The van der Waals surface area contributed by atoms with E-state index in [1.807, 2.05) is 12.1 Å². The molecule has 4 nitrogen and oxygen atoms in total. The van der Waals surface area contributed by atoms with Gasteiger partial charge in [-0.15, -0.1) is 0 Å². The zero-order valence-corrected chi connectivity index (χ0v) is 11.4. The molecule has 0 aliphatic heterocycles. The standard InChI is InChI=1S/C14H16ClNO3/c1-19-14(18)12(16-13(17)10-5-6-10)8-9-3-2-4-11(15)7-9/h2-4,7,10,12H,5-6,8H2,1H3,(H,16,17)/t12-/m1/s1. The smallest absolute Gasteiger partial charge is 0.328 e. The van der Waals surface area contributed by atoms with Crippen molar-refractivity contribution in [3.63, 3.8) is 0 Å². The first-order valence-corrected chi connectivity index (χ1v) is 6.60. The van der Waals surface area contributed by atoms with Crippen LogP contribution >= 0.6 is 11.6 Å². The number of methoxy groups -OCH3 is 1. The number of esters is 1. The monoisotopic (exact) mass is 281 g/mol. The van der Waals surface area contributed by atoms with Crippen molar-refractivity contribution in [1.29, 1.82) is 0 Å². The van der Waals surface area contributed by atoms with Crippen LogP contribution in [0, 0.1) is 5.92 Å². The van der Waals surface area contributed by atoms with Gasteiger partial charge < -0.3 is 10.1 Å². The normalized spacial score (nSPS) is 15.7. The fourth-order valence-corrected chi connectivity index (χ4v) is 2.08. The third-order valence-electron chi connectivity index (χ3n) is 3.08. The van der Waals surface area contributed by atoms with Crippen molar-refractivity contribution in [2.75, 3.05) is 7.11 Å². The summed E-state index contributed by atoms with van der Waals surface area (Å²) in [7, 11) is 1.32. The Morgan fingerprint density at radius 1 is 1.47 bits per heavy atom. The van der Waals surface area contributed by atoms with E-state index in [0.717, 1.165) is 18.4 Å². The number of hydrogen-bond donors (Lipinski definition) is 1. The van der Waals surface area contributed by atoms with Crippen LogP contribution in [0.4, 0.5) is 0 Å². The third-order valence-corrected chi connectivity index (χ3v) is 3.31. The number of amides is 1. The highest BCUT2D eigenvalue weighted by Crippen LogP contribution is 2.29. The number of carbonyl (C=O) groups excluding carboxylic acids is 2.